The Bertz CT molecular complexity index is 236. The van der Waals surface area contributed by atoms with Crippen LogP contribution in [0.3, 0.4) is 0 Å². The zero-order valence-electron chi connectivity index (χ0n) is 12.1. The summed E-state index contributed by atoms with van der Waals surface area (Å²) in [5, 5.41) is 0. The fraction of sp³-hybridized carbons (Fsp3) is 1.00. The van der Waals surface area contributed by atoms with Gasteiger partial charge in [-0.1, -0.05) is 4.52 Å². The van der Waals surface area contributed by atoms with Crippen molar-refractivity contribution in [2.24, 2.45) is 5.73 Å². The Kier molecular flexibility index (Phi) is 8.91. The average molecular weight is 280 g/mol. The summed E-state index contributed by atoms with van der Waals surface area (Å²) in [7, 11) is -1.78. The molecule has 2 N–H and O–H groups in total. The van der Waals surface area contributed by atoms with Crippen LogP contribution < -0.4 is 5.73 Å². The minimum Gasteiger partial charge on any atom is -0.330 e. The lowest BCUT2D eigenvalue weighted by atomic mass is 10.2. The zero-order chi connectivity index (χ0) is 14.2. The molecule has 0 aliphatic carbocycles. The normalized spacial score (nSPS) is 13.4. The first-order valence-electron chi connectivity index (χ1n) is 6.54. The Labute approximate surface area is 111 Å². The molecule has 108 valence electrons. The van der Waals surface area contributed by atoms with Gasteiger partial charge in [-0.05, 0) is 52.1 Å². The third-order valence-electron chi connectivity index (χ3n) is 2.02. The molecule has 0 aliphatic rings. The topological polar surface area (TPSA) is 70.8 Å². The summed E-state index contributed by atoms with van der Waals surface area (Å²) < 4.78 is 28.7. The lowest BCUT2D eigenvalue weighted by molar-refractivity contribution is -0.367. The maximum absolute atomic E-state index is 11.7. The van der Waals surface area contributed by atoms with Crippen molar-refractivity contribution >= 4 is 8.03 Å². The molecule has 0 aliphatic heterocycles. The van der Waals surface area contributed by atoms with E-state index >= 15 is 0 Å². The number of hydrogen-bond acceptors (Lipinski definition) is 5. The van der Waals surface area contributed by atoms with E-state index in [2.05, 4.69) is 0 Å². The monoisotopic (exact) mass is 280 g/mol. The van der Waals surface area contributed by atoms with Crippen molar-refractivity contribution in [1.29, 1.82) is 0 Å². The van der Waals surface area contributed by atoms with Gasteiger partial charge in [-0.2, -0.15) is 0 Å². The summed E-state index contributed by atoms with van der Waals surface area (Å²) in [6.07, 6.45) is 1.43. The number of ether oxygens (including phenoxy) is 2. The van der Waals surface area contributed by atoms with Crippen LogP contribution in [0.25, 0.3) is 0 Å². The molecule has 0 rings (SSSR count). The first-order chi connectivity index (χ1) is 8.35. The largest absolute Gasteiger partial charge is 0.513 e. The average Bonchev–Trinajstić information content (AvgIpc) is 2.24. The molecule has 0 saturated carbocycles. The molecule has 0 amide bonds. The van der Waals surface area contributed by atoms with Gasteiger partial charge in [0.05, 0.1) is 12.2 Å². The molecule has 0 radical (unpaired) electrons. The van der Waals surface area contributed by atoms with Gasteiger partial charge in [0.2, 0.25) is 0 Å². The molecule has 0 aromatic rings. The van der Waals surface area contributed by atoms with E-state index < -0.39 is 14.0 Å². The second kappa shape index (κ2) is 8.94. The summed E-state index contributed by atoms with van der Waals surface area (Å²) in [5.74, 6) is -1.24. The molecular formula is C12H27NO4P+. The molecule has 0 aromatic carbocycles. The molecule has 1 atom stereocenters. The number of hydrogen-bond donors (Lipinski definition) is 1. The highest BCUT2D eigenvalue weighted by Crippen LogP contribution is 2.36. The maximum Gasteiger partial charge on any atom is 0.513 e. The Morgan fingerprint density at radius 2 is 1.67 bits per heavy atom. The predicted molar refractivity (Wildman–Crippen MR) is 72.7 cm³/mol. The molecule has 0 spiro atoms. The zero-order valence-corrected chi connectivity index (χ0v) is 13.0. The van der Waals surface area contributed by atoms with Gasteiger partial charge in [0.1, 0.15) is 0 Å². The van der Waals surface area contributed by atoms with Crippen LogP contribution in [0, 0.1) is 0 Å². The predicted octanol–water partition coefficient (Wildman–Crippen LogP) is 3.01. The van der Waals surface area contributed by atoms with Gasteiger partial charge in [0.25, 0.3) is 0 Å². The Morgan fingerprint density at radius 1 is 1.17 bits per heavy atom. The van der Waals surface area contributed by atoms with Gasteiger partial charge < -0.3 is 15.2 Å². The van der Waals surface area contributed by atoms with Crippen molar-refractivity contribution < 1.29 is 18.6 Å². The van der Waals surface area contributed by atoms with Gasteiger partial charge in [-0.25, -0.2) is 0 Å². The molecule has 0 fully saturated rings. The van der Waals surface area contributed by atoms with Crippen molar-refractivity contribution in [2.75, 3.05) is 12.7 Å². The molecule has 0 bridgehead atoms. The standard InChI is InChI=1S/C12H27NO4P/c1-6-18(14)17-12(8-7-9-13,15-10(2)3)16-11(4)5/h10-11H,6-9,13H2,1-5H3/q+1. The van der Waals surface area contributed by atoms with Crippen LogP contribution in [-0.4, -0.2) is 30.9 Å². The van der Waals surface area contributed by atoms with Crippen molar-refractivity contribution in [2.45, 2.75) is 65.6 Å². The van der Waals surface area contributed by atoms with Gasteiger partial charge in [-0.3, -0.25) is 0 Å². The number of nitrogens with two attached hydrogens (primary N) is 1. The Balaban J connectivity index is 4.90. The van der Waals surface area contributed by atoms with Crippen LogP contribution in [0.4, 0.5) is 0 Å². The minimum absolute atomic E-state index is 0.0817. The van der Waals surface area contributed by atoms with Crippen LogP contribution in [-0.2, 0) is 18.6 Å². The first-order valence-corrected chi connectivity index (χ1v) is 7.91. The fourth-order valence-corrected chi connectivity index (χ4v) is 2.11. The summed E-state index contributed by atoms with van der Waals surface area (Å²) in [5.41, 5.74) is 5.52. The van der Waals surface area contributed by atoms with Crippen molar-refractivity contribution in [3.63, 3.8) is 0 Å². The molecule has 5 nitrogen and oxygen atoms in total. The molecular weight excluding hydrogens is 253 g/mol. The van der Waals surface area contributed by atoms with Crippen molar-refractivity contribution in [3.05, 3.63) is 0 Å². The second-order valence-electron chi connectivity index (χ2n) is 4.65. The molecule has 6 heteroatoms. The van der Waals surface area contributed by atoms with Crippen LogP contribution in [0.2, 0.25) is 0 Å². The molecule has 0 aromatic heterocycles. The van der Waals surface area contributed by atoms with Gasteiger partial charge in [0.15, 0.2) is 6.16 Å². The second-order valence-corrected chi connectivity index (χ2v) is 6.13. The van der Waals surface area contributed by atoms with Gasteiger partial charge in [-0.15, -0.1) is 0 Å². The van der Waals surface area contributed by atoms with Crippen LogP contribution in [0.15, 0.2) is 0 Å². The third-order valence-corrected chi connectivity index (χ3v) is 3.01. The summed E-state index contributed by atoms with van der Waals surface area (Å²) in [4.78, 5) is 0. The molecule has 0 saturated heterocycles. The van der Waals surface area contributed by atoms with Crippen LogP contribution in [0.1, 0.15) is 47.5 Å². The van der Waals surface area contributed by atoms with Crippen molar-refractivity contribution in [1.82, 2.24) is 0 Å². The quantitative estimate of drug-likeness (QED) is 0.492. The van der Waals surface area contributed by atoms with Crippen molar-refractivity contribution in [3.8, 4) is 0 Å². The lowest BCUT2D eigenvalue weighted by Gasteiger charge is -2.31. The van der Waals surface area contributed by atoms with E-state index in [-0.39, 0.29) is 12.2 Å². The van der Waals surface area contributed by atoms with Gasteiger partial charge in [0, 0.05) is 6.42 Å². The molecule has 18 heavy (non-hydrogen) atoms. The van der Waals surface area contributed by atoms with Crippen LogP contribution >= 0.6 is 8.03 Å². The van der Waals surface area contributed by atoms with E-state index in [9.17, 15) is 4.57 Å². The molecule has 0 heterocycles. The highest BCUT2D eigenvalue weighted by Gasteiger charge is 2.43. The summed E-state index contributed by atoms with van der Waals surface area (Å²) >= 11 is 0. The van der Waals surface area contributed by atoms with Crippen LogP contribution in [0.5, 0.6) is 0 Å². The van der Waals surface area contributed by atoms with E-state index in [1.165, 1.54) is 0 Å². The summed E-state index contributed by atoms with van der Waals surface area (Å²) in [6.45, 7) is 9.88. The smallest absolute Gasteiger partial charge is 0.330 e. The Morgan fingerprint density at radius 3 is 2.00 bits per heavy atom. The number of rotatable bonds is 10. The van der Waals surface area contributed by atoms with E-state index in [0.717, 1.165) is 0 Å². The first kappa shape index (κ1) is 17.9. The van der Waals surface area contributed by atoms with E-state index in [1.807, 2.05) is 27.7 Å². The Hall–Kier alpha value is -0.0600. The minimum atomic E-state index is -1.78. The lowest BCUT2D eigenvalue weighted by Crippen LogP contribution is -2.42. The van der Waals surface area contributed by atoms with E-state index in [4.69, 9.17) is 19.7 Å². The fourth-order valence-electron chi connectivity index (χ4n) is 1.49. The third kappa shape index (κ3) is 7.39. The summed E-state index contributed by atoms with van der Waals surface area (Å²) in [6, 6.07) is 0. The molecule has 1 unspecified atom stereocenters. The highest BCUT2D eigenvalue weighted by molar-refractivity contribution is 7.39. The highest BCUT2D eigenvalue weighted by atomic mass is 31.1. The van der Waals surface area contributed by atoms with Gasteiger partial charge >= 0.3 is 14.0 Å². The van der Waals surface area contributed by atoms with E-state index in [0.29, 0.717) is 25.5 Å². The van der Waals surface area contributed by atoms with E-state index in [1.54, 1.807) is 6.92 Å². The SMILES string of the molecule is CC[P+](=O)OC(CCCN)(OC(C)C)OC(C)C. The maximum atomic E-state index is 11.7.